The van der Waals surface area contributed by atoms with Gasteiger partial charge in [-0.3, -0.25) is 0 Å². The van der Waals surface area contributed by atoms with E-state index >= 15 is 0 Å². The van der Waals surface area contributed by atoms with Crippen LogP contribution in [0.15, 0.2) is 30.3 Å². The van der Waals surface area contributed by atoms with Crippen molar-refractivity contribution in [1.82, 2.24) is 0 Å². The fourth-order valence-corrected chi connectivity index (χ4v) is 2.66. The van der Waals surface area contributed by atoms with Crippen molar-refractivity contribution >= 4 is 0 Å². The van der Waals surface area contributed by atoms with Gasteiger partial charge in [0.05, 0.1) is 6.10 Å². The molecule has 17 heavy (non-hydrogen) atoms. The summed E-state index contributed by atoms with van der Waals surface area (Å²) in [5, 5.41) is 10.6. The Labute approximate surface area is 104 Å². The number of ether oxygens (including phenoxy) is 1. The van der Waals surface area contributed by atoms with E-state index in [0.717, 1.165) is 26.1 Å². The third-order valence-corrected chi connectivity index (χ3v) is 3.97. The Morgan fingerprint density at radius 2 is 1.76 bits per heavy atom. The summed E-state index contributed by atoms with van der Waals surface area (Å²) in [7, 11) is 0. The zero-order chi connectivity index (χ0) is 12.3. The highest BCUT2D eigenvalue weighted by atomic mass is 16.5. The number of hydrogen-bond donors (Lipinski definition) is 1. The van der Waals surface area contributed by atoms with Crippen molar-refractivity contribution in [2.24, 2.45) is 5.92 Å². The molecule has 0 spiro atoms. The minimum absolute atomic E-state index is 0.191. The SMILES string of the molecule is CC(C)(c1ccccc1)C(O)C1CCOCC1. The van der Waals surface area contributed by atoms with Crippen molar-refractivity contribution in [1.29, 1.82) is 0 Å². The van der Waals surface area contributed by atoms with Gasteiger partial charge in [-0.25, -0.2) is 0 Å². The zero-order valence-electron chi connectivity index (χ0n) is 10.7. The molecule has 0 amide bonds. The van der Waals surface area contributed by atoms with Gasteiger partial charge < -0.3 is 9.84 Å². The Kier molecular flexibility index (Phi) is 3.85. The van der Waals surface area contributed by atoms with Gasteiger partial charge in [-0.1, -0.05) is 44.2 Å². The molecule has 1 unspecified atom stereocenters. The van der Waals surface area contributed by atoms with E-state index in [1.165, 1.54) is 5.56 Å². The first kappa shape index (κ1) is 12.6. The molecule has 0 saturated carbocycles. The summed E-state index contributed by atoms with van der Waals surface area (Å²) >= 11 is 0. The molecule has 1 atom stereocenters. The number of hydrogen-bond acceptors (Lipinski definition) is 2. The normalized spacial score (nSPS) is 20.2. The Hall–Kier alpha value is -0.860. The van der Waals surface area contributed by atoms with Gasteiger partial charge in [0.2, 0.25) is 0 Å². The number of rotatable bonds is 3. The van der Waals surface area contributed by atoms with Crippen LogP contribution < -0.4 is 0 Å². The van der Waals surface area contributed by atoms with Crippen LogP contribution in [-0.4, -0.2) is 24.4 Å². The van der Waals surface area contributed by atoms with Crippen LogP contribution in [0.2, 0.25) is 0 Å². The zero-order valence-corrected chi connectivity index (χ0v) is 10.7. The maximum atomic E-state index is 10.6. The van der Waals surface area contributed by atoms with Gasteiger partial charge in [0.1, 0.15) is 0 Å². The van der Waals surface area contributed by atoms with Crippen molar-refractivity contribution in [2.75, 3.05) is 13.2 Å². The summed E-state index contributed by atoms with van der Waals surface area (Å²) < 4.78 is 5.36. The van der Waals surface area contributed by atoms with Crippen molar-refractivity contribution in [2.45, 2.75) is 38.2 Å². The topological polar surface area (TPSA) is 29.5 Å². The van der Waals surface area contributed by atoms with Crippen molar-refractivity contribution in [3.8, 4) is 0 Å². The summed E-state index contributed by atoms with van der Waals surface area (Å²) in [6.07, 6.45) is 1.64. The number of aliphatic hydroxyl groups excluding tert-OH is 1. The van der Waals surface area contributed by atoms with Crippen LogP contribution in [0, 0.1) is 5.92 Å². The van der Waals surface area contributed by atoms with Crippen LogP contribution in [0.3, 0.4) is 0 Å². The van der Waals surface area contributed by atoms with Gasteiger partial charge in [0, 0.05) is 18.6 Å². The molecule has 1 aliphatic heterocycles. The van der Waals surface area contributed by atoms with Gasteiger partial charge >= 0.3 is 0 Å². The third kappa shape index (κ3) is 2.70. The van der Waals surface area contributed by atoms with E-state index < -0.39 is 0 Å². The molecule has 1 N–H and O–H groups in total. The van der Waals surface area contributed by atoms with Crippen LogP contribution in [-0.2, 0) is 10.2 Å². The fraction of sp³-hybridized carbons (Fsp3) is 0.600. The summed E-state index contributed by atoms with van der Waals surface area (Å²) in [5.41, 5.74) is 1.02. The molecule has 1 aromatic rings. The molecule has 2 rings (SSSR count). The highest BCUT2D eigenvalue weighted by Gasteiger charge is 2.36. The molecule has 0 radical (unpaired) electrons. The Morgan fingerprint density at radius 3 is 2.35 bits per heavy atom. The maximum Gasteiger partial charge on any atom is 0.0661 e. The second-order valence-corrected chi connectivity index (χ2v) is 5.48. The van der Waals surface area contributed by atoms with Crippen LogP contribution in [0.25, 0.3) is 0 Å². The molecule has 2 nitrogen and oxygen atoms in total. The first-order chi connectivity index (χ1) is 8.12. The predicted molar refractivity (Wildman–Crippen MR) is 69.0 cm³/mol. The van der Waals surface area contributed by atoms with Crippen LogP contribution in [0.1, 0.15) is 32.3 Å². The van der Waals surface area contributed by atoms with Crippen LogP contribution >= 0.6 is 0 Å². The second-order valence-electron chi connectivity index (χ2n) is 5.48. The second kappa shape index (κ2) is 5.19. The quantitative estimate of drug-likeness (QED) is 0.871. The minimum Gasteiger partial charge on any atom is -0.392 e. The first-order valence-electron chi connectivity index (χ1n) is 6.43. The molecule has 0 aromatic heterocycles. The minimum atomic E-state index is -0.297. The largest absolute Gasteiger partial charge is 0.392 e. The van der Waals surface area contributed by atoms with E-state index in [1.54, 1.807) is 0 Å². The standard InChI is InChI=1S/C15H22O2/c1-15(2,13-6-4-3-5-7-13)14(16)12-8-10-17-11-9-12/h3-7,12,14,16H,8-11H2,1-2H3. The summed E-state index contributed by atoms with van der Waals surface area (Å²) in [5.74, 6) is 0.360. The third-order valence-electron chi connectivity index (χ3n) is 3.97. The lowest BCUT2D eigenvalue weighted by atomic mass is 9.72. The molecule has 1 fully saturated rings. The predicted octanol–water partition coefficient (Wildman–Crippen LogP) is 2.75. The highest BCUT2D eigenvalue weighted by molar-refractivity contribution is 5.25. The van der Waals surface area contributed by atoms with Crippen LogP contribution in [0.4, 0.5) is 0 Å². The molecule has 1 heterocycles. The molecule has 1 aromatic carbocycles. The van der Waals surface area contributed by atoms with Crippen LogP contribution in [0.5, 0.6) is 0 Å². The highest BCUT2D eigenvalue weighted by Crippen LogP contribution is 2.34. The molecule has 1 saturated heterocycles. The van der Waals surface area contributed by atoms with Crippen molar-refractivity contribution < 1.29 is 9.84 Å². The van der Waals surface area contributed by atoms with Crippen molar-refractivity contribution in [3.63, 3.8) is 0 Å². The molecule has 94 valence electrons. The number of benzene rings is 1. The van der Waals surface area contributed by atoms with E-state index in [4.69, 9.17) is 4.74 Å². The average Bonchev–Trinajstić information content (AvgIpc) is 2.40. The lowest BCUT2D eigenvalue weighted by Gasteiger charge is -2.38. The van der Waals surface area contributed by atoms with E-state index in [0.29, 0.717) is 5.92 Å². The van der Waals surface area contributed by atoms with Crippen molar-refractivity contribution in [3.05, 3.63) is 35.9 Å². The lowest BCUT2D eigenvalue weighted by molar-refractivity contribution is -0.0211. The van der Waals surface area contributed by atoms with E-state index in [9.17, 15) is 5.11 Å². The van der Waals surface area contributed by atoms with Gasteiger partial charge in [0.25, 0.3) is 0 Å². The summed E-state index contributed by atoms with van der Waals surface area (Å²) in [6.45, 7) is 5.82. The van der Waals surface area contributed by atoms with E-state index in [1.807, 2.05) is 18.2 Å². The Bertz CT molecular complexity index is 339. The maximum absolute atomic E-state index is 10.6. The Balaban J connectivity index is 2.14. The van der Waals surface area contributed by atoms with Gasteiger partial charge in [0.15, 0.2) is 0 Å². The lowest BCUT2D eigenvalue weighted by Crippen LogP contribution is -2.41. The first-order valence-corrected chi connectivity index (χ1v) is 6.43. The molecular weight excluding hydrogens is 212 g/mol. The average molecular weight is 234 g/mol. The monoisotopic (exact) mass is 234 g/mol. The van der Waals surface area contributed by atoms with Gasteiger partial charge in [-0.2, -0.15) is 0 Å². The smallest absolute Gasteiger partial charge is 0.0661 e. The molecule has 1 aliphatic rings. The van der Waals surface area contributed by atoms with Gasteiger partial charge in [-0.05, 0) is 24.3 Å². The summed E-state index contributed by atoms with van der Waals surface area (Å²) in [4.78, 5) is 0. The van der Waals surface area contributed by atoms with Gasteiger partial charge in [-0.15, -0.1) is 0 Å². The van der Waals surface area contributed by atoms with E-state index in [-0.39, 0.29) is 11.5 Å². The molecule has 0 bridgehead atoms. The summed E-state index contributed by atoms with van der Waals surface area (Å²) in [6, 6.07) is 10.3. The fourth-order valence-electron chi connectivity index (χ4n) is 2.66. The number of aliphatic hydroxyl groups is 1. The molecule has 2 heteroatoms. The Morgan fingerprint density at radius 1 is 1.18 bits per heavy atom. The van der Waals surface area contributed by atoms with E-state index in [2.05, 4.69) is 26.0 Å². The molecule has 0 aliphatic carbocycles. The molecular formula is C15H22O2.